The van der Waals surface area contributed by atoms with Crippen LogP contribution in [0.1, 0.15) is 5.56 Å². The number of carboxylic acids is 1. The van der Waals surface area contributed by atoms with Crippen molar-refractivity contribution in [1.29, 1.82) is 0 Å². The number of carbonyl (C=O) groups is 1. The molecule has 0 saturated heterocycles. The largest absolute Gasteiger partial charge is 0.490 e. The Morgan fingerprint density at radius 1 is 1.57 bits per heavy atom. The van der Waals surface area contributed by atoms with Gasteiger partial charge in [0.1, 0.15) is 5.15 Å². The van der Waals surface area contributed by atoms with Crippen LogP contribution in [0, 0.1) is 0 Å². The van der Waals surface area contributed by atoms with Crippen molar-refractivity contribution in [2.45, 2.75) is 6.42 Å². The lowest BCUT2D eigenvalue weighted by atomic mass is 9.81. The zero-order chi connectivity index (χ0) is 10.7. The van der Waals surface area contributed by atoms with Gasteiger partial charge in [0.25, 0.3) is 0 Å². The molecule has 0 fully saturated rings. The Labute approximate surface area is 85.1 Å². The van der Waals surface area contributed by atoms with Crippen LogP contribution in [0.25, 0.3) is 0 Å². The second kappa shape index (κ2) is 4.41. The van der Waals surface area contributed by atoms with Gasteiger partial charge < -0.3 is 15.2 Å². The van der Waals surface area contributed by atoms with Gasteiger partial charge >= 0.3 is 13.1 Å². The van der Waals surface area contributed by atoms with Gasteiger partial charge in [0.15, 0.2) is 0 Å². The Morgan fingerprint density at radius 2 is 2.21 bits per heavy atom. The average molecular weight is 215 g/mol. The van der Waals surface area contributed by atoms with E-state index >= 15 is 0 Å². The van der Waals surface area contributed by atoms with Crippen LogP contribution >= 0.6 is 11.6 Å². The van der Waals surface area contributed by atoms with E-state index in [1.165, 1.54) is 12.3 Å². The minimum absolute atomic E-state index is 0.0526. The lowest BCUT2D eigenvalue weighted by Crippen LogP contribution is -2.30. The fourth-order valence-corrected chi connectivity index (χ4v) is 1.11. The fraction of sp³-hybridized carbons (Fsp3) is 0.143. The third-order valence-electron chi connectivity index (χ3n) is 1.57. The third-order valence-corrected chi connectivity index (χ3v) is 1.91. The van der Waals surface area contributed by atoms with E-state index < -0.39 is 13.1 Å². The van der Waals surface area contributed by atoms with Crippen molar-refractivity contribution in [3.05, 3.63) is 23.0 Å². The maximum atomic E-state index is 10.4. The molecular weight excluding hydrogens is 208 g/mol. The third kappa shape index (κ3) is 2.70. The van der Waals surface area contributed by atoms with Crippen LogP contribution in [0.4, 0.5) is 0 Å². The SMILES string of the molecule is O=C(O)Cc1cc(B(O)O)cnc1Cl. The number of pyridine rings is 1. The number of aromatic nitrogens is 1. The average Bonchev–Trinajstić information content (AvgIpc) is 2.07. The Hall–Kier alpha value is -1.11. The standard InChI is InChI=1S/C7H7BClNO4/c9-7-4(2-6(11)12)1-5(3-10-7)8(13)14/h1,3,13-14H,2H2,(H,11,12). The summed E-state index contributed by atoms with van der Waals surface area (Å²) in [6, 6.07) is 1.30. The van der Waals surface area contributed by atoms with Crippen LogP contribution in [-0.2, 0) is 11.2 Å². The summed E-state index contributed by atoms with van der Waals surface area (Å²) in [5.41, 5.74) is 0.371. The summed E-state index contributed by atoms with van der Waals surface area (Å²) in [5, 5.41) is 26.2. The molecular formula is C7H7BClNO4. The Balaban J connectivity index is 3.02. The second-order valence-corrected chi connectivity index (χ2v) is 3.02. The van der Waals surface area contributed by atoms with E-state index in [1.807, 2.05) is 0 Å². The Kier molecular flexibility index (Phi) is 3.46. The number of rotatable bonds is 3. The van der Waals surface area contributed by atoms with Gasteiger partial charge in [-0.1, -0.05) is 17.7 Å². The van der Waals surface area contributed by atoms with Gasteiger partial charge in [0, 0.05) is 17.2 Å². The number of hydrogen-bond donors (Lipinski definition) is 3. The van der Waals surface area contributed by atoms with Crippen molar-refractivity contribution >= 4 is 30.2 Å². The molecule has 0 atom stereocenters. The monoisotopic (exact) mass is 215 g/mol. The van der Waals surface area contributed by atoms with Crippen LogP contribution in [0.3, 0.4) is 0 Å². The zero-order valence-electron chi connectivity index (χ0n) is 7.01. The molecule has 3 N–H and O–H groups in total. The molecule has 0 aliphatic heterocycles. The highest BCUT2D eigenvalue weighted by molar-refractivity contribution is 6.58. The van der Waals surface area contributed by atoms with Crippen LogP contribution in [-0.4, -0.2) is 33.2 Å². The van der Waals surface area contributed by atoms with E-state index in [-0.39, 0.29) is 22.6 Å². The Bertz CT molecular complexity index is 358. The molecule has 0 unspecified atom stereocenters. The highest BCUT2D eigenvalue weighted by atomic mass is 35.5. The van der Waals surface area contributed by atoms with E-state index in [0.717, 1.165) is 0 Å². The summed E-state index contributed by atoms with van der Waals surface area (Å²) in [7, 11) is -1.67. The molecule has 0 aliphatic rings. The van der Waals surface area contributed by atoms with Gasteiger partial charge in [-0.3, -0.25) is 4.79 Å². The summed E-state index contributed by atoms with van der Waals surface area (Å²) in [6.45, 7) is 0. The highest BCUT2D eigenvalue weighted by Crippen LogP contribution is 2.11. The van der Waals surface area contributed by atoms with E-state index in [0.29, 0.717) is 0 Å². The van der Waals surface area contributed by atoms with Gasteiger partial charge in [0.05, 0.1) is 6.42 Å². The van der Waals surface area contributed by atoms with Gasteiger partial charge in [-0.05, 0) is 0 Å². The number of aliphatic carboxylic acids is 1. The predicted molar refractivity (Wildman–Crippen MR) is 50.4 cm³/mol. The molecule has 1 aromatic heterocycles. The Morgan fingerprint density at radius 3 is 2.71 bits per heavy atom. The first-order valence-electron chi connectivity index (χ1n) is 3.73. The van der Waals surface area contributed by atoms with Crippen LogP contribution in [0.15, 0.2) is 12.3 Å². The first kappa shape index (κ1) is 11.0. The second-order valence-electron chi connectivity index (χ2n) is 2.66. The number of carboxylic acid groups (broad SMARTS) is 1. The minimum atomic E-state index is -1.67. The lowest BCUT2D eigenvalue weighted by molar-refractivity contribution is -0.136. The first-order chi connectivity index (χ1) is 6.50. The quantitative estimate of drug-likeness (QED) is 0.446. The molecule has 0 aromatic carbocycles. The molecule has 14 heavy (non-hydrogen) atoms. The van der Waals surface area contributed by atoms with Crippen LogP contribution < -0.4 is 5.46 Å². The molecule has 0 saturated carbocycles. The summed E-state index contributed by atoms with van der Waals surface area (Å²) >= 11 is 5.61. The molecule has 7 heteroatoms. The van der Waals surface area contributed by atoms with Crippen LogP contribution in [0.5, 0.6) is 0 Å². The molecule has 0 amide bonds. The van der Waals surface area contributed by atoms with E-state index in [9.17, 15) is 4.79 Å². The molecule has 1 heterocycles. The molecule has 0 aliphatic carbocycles. The molecule has 1 aromatic rings. The van der Waals surface area contributed by atoms with Crippen molar-refractivity contribution < 1.29 is 19.9 Å². The van der Waals surface area contributed by atoms with Gasteiger partial charge in [-0.25, -0.2) is 4.98 Å². The predicted octanol–water partition coefficient (Wildman–Crippen LogP) is -0.958. The molecule has 5 nitrogen and oxygen atoms in total. The number of halogens is 1. The van der Waals surface area contributed by atoms with E-state index in [2.05, 4.69) is 4.98 Å². The summed E-state index contributed by atoms with van der Waals surface area (Å²) in [5.74, 6) is -1.06. The van der Waals surface area contributed by atoms with E-state index in [1.54, 1.807) is 0 Å². The zero-order valence-corrected chi connectivity index (χ0v) is 7.77. The van der Waals surface area contributed by atoms with Crippen molar-refractivity contribution in [1.82, 2.24) is 4.98 Å². The summed E-state index contributed by atoms with van der Waals surface area (Å²) in [6.07, 6.45) is 0.880. The van der Waals surface area contributed by atoms with Crippen molar-refractivity contribution in [2.75, 3.05) is 0 Å². The smallest absolute Gasteiger partial charge is 0.481 e. The van der Waals surface area contributed by atoms with Gasteiger partial charge in [0.2, 0.25) is 0 Å². The van der Waals surface area contributed by atoms with Gasteiger partial charge in [-0.2, -0.15) is 0 Å². The molecule has 0 spiro atoms. The topological polar surface area (TPSA) is 90.7 Å². The number of hydrogen-bond acceptors (Lipinski definition) is 4. The molecule has 0 radical (unpaired) electrons. The van der Waals surface area contributed by atoms with Crippen molar-refractivity contribution in [3.63, 3.8) is 0 Å². The summed E-state index contributed by atoms with van der Waals surface area (Å²) in [4.78, 5) is 14.0. The lowest BCUT2D eigenvalue weighted by Gasteiger charge is -2.03. The normalized spacial score (nSPS) is 9.93. The minimum Gasteiger partial charge on any atom is -0.481 e. The highest BCUT2D eigenvalue weighted by Gasteiger charge is 2.15. The maximum absolute atomic E-state index is 10.4. The van der Waals surface area contributed by atoms with Crippen molar-refractivity contribution in [2.24, 2.45) is 0 Å². The van der Waals surface area contributed by atoms with Crippen LogP contribution in [0.2, 0.25) is 5.15 Å². The van der Waals surface area contributed by atoms with E-state index in [4.69, 9.17) is 26.8 Å². The first-order valence-corrected chi connectivity index (χ1v) is 4.10. The van der Waals surface area contributed by atoms with Gasteiger partial charge in [-0.15, -0.1) is 0 Å². The van der Waals surface area contributed by atoms with Crippen molar-refractivity contribution in [3.8, 4) is 0 Å². The maximum Gasteiger partial charge on any atom is 0.490 e. The summed E-state index contributed by atoms with van der Waals surface area (Å²) < 4.78 is 0. The number of nitrogens with zero attached hydrogens (tertiary/aromatic N) is 1. The fourth-order valence-electron chi connectivity index (χ4n) is 0.940. The molecule has 74 valence electrons. The molecule has 1 rings (SSSR count). The molecule has 0 bridgehead atoms.